The predicted octanol–water partition coefficient (Wildman–Crippen LogP) is 2.30. The Morgan fingerprint density at radius 2 is 2.07 bits per heavy atom. The monoisotopic (exact) mass is 193 g/mol. The minimum Gasteiger partial charge on any atom is -0.464 e. The largest absolute Gasteiger partial charge is 0.464 e. The van der Waals surface area contributed by atoms with Crippen LogP contribution >= 0.6 is 0 Å². The lowest BCUT2D eigenvalue weighted by molar-refractivity contribution is 0.0593. The quantitative estimate of drug-likeness (QED) is 0.676. The van der Waals surface area contributed by atoms with Crippen LogP contribution in [0.4, 0.5) is 0 Å². The van der Waals surface area contributed by atoms with Crippen LogP contribution in [-0.4, -0.2) is 18.1 Å². The Morgan fingerprint density at radius 3 is 2.57 bits per heavy atom. The molecule has 0 aliphatic carbocycles. The van der Waals surface area contributed by atoms with E-state index < -0.39 is 0 Å². The van der Waals surface area contributed by atoms with Crippen LogP contribution in [0.3, 0.4) is 0 Å². The zero-order valence-corrected chi connectivity index (χ0v) is 9.00. The van der Waals surface area contributed by atoms with E-state index in [1.165, 1.54) is 7.11 Å². The zero-order valence-electron chi connectivity index (χ0n) is 9.00. The maximum atomic E-state index is 11.3. The second kappa shape index (κ2) is 4.22. The second-order valence-corrected chi connectivity index (χ2v) is 3.55. The number of ether oxygens (including phenoxy) is 1. The van der Waals surface area contributed by atoms with E-state index in [4.69, 9.17) is 0 Å². The van der Waals surface area contributed by atoms with Gasteiger partial charge < -0.3 is 4.74 Å². The molecule has 0 saturated carbocycles. The molecular formula is C11H15NO2. The van der Waals surface area contributed by atoms with Crippen molar-refractivity contribution in [3.8, 4) is 0 Å². The van der Waals surface area contributed by atoms with Gasteiger partial charge in [0, 0.05) is 5.69 Å². The van der Waals surface area contributed by atoms with Gasteiger partial charge in [0.1, 0.15) is 0 Å². The normalized spacial score (nSPS) is 10.4. The van der Waals surface area contributed by atoms with Gasteiger partial charge in [-0.2, -0.15) is 0 Å². The van der Waals surface area contributed by atoms with Crippen molar-refractivity contribution >= 4 is 5.97 Å². The van der Waals surface area contributed by atoms with Gasteiger partial charge >= 0.3 is 5.97 Å². The molecule has 0 saturated heterocycles. The maximum Gasteiger partial charge on any atom is 0.356 e. The summed E-state index contributed by atoms with van der Waals surface area (Å²) in [4.78, 5) is 15.6. The highest BCUT2D eigenvalue weighted by Gasteiger charge is 2.12. The molecule has 0 aliphatic rings. The Kier molecular flexibility index (Phi) is 3.23. The van der Waals surface area contributed by atoms with E-state index in [0.717, 1.165) is 11.3 Å². The number of pyridine rings is 1. The molecule has 0 bridgehead atoms. The lowest BCUT2D eigenvalue weighted by atomic mass is 10.1. The summed E-state index contributed by atoms with van der Waals surface area (Å²) < 4.78 is 4.65. The standard InChI is InChI=1S/C11H15NO2/c1-7(2)9-6-5-8(3)10(12-9)11(13)14-4/h5-7H,1-4H3. The third-order valence-corrected chi connectivity index (χ3v) is 2.09. The van der Waals surface area contributed by atoms with Crippen LogP contribution < -0.4 is 0 Å². The average molecular weight is 193 g/mol. The predicted molar refractivity (Wildman–Crippen MR) is 54.4 cm³/mol. The number of carbonyl (C=O) groups excluding carboxylic acids is 1. The van der Waals surface area contributed by atoms with Crippen molar-refractivity contribution in [2.24, 2.45) is 0 Å². The Hall–Kier alpha value is -1.38. The van der Waals surface area contributed by atoms with Crippen LogP contribution in [-0.2, 0) is 4.74 Å². The molecule has 0 radical (unpaired) electrons. The summed E-state index contributed by atoms with van der Waals surface area (Å²) in [6.07, 6.45) is 0. The molecule has 1 heterocycles. The Balaban J connectivity index is 3.15. The summed E-state index contributed by atoms with van der Waals surface area (Å²) in [7, 11) is 1.37. The molecule has 0 spiro atoms. The summed E-state index contributed by atoms with van der Waals surface area (Å²) in [6, 6.07) is 3.83. The lowest BCUT2D eigenvalue weighted by Crippen LogP contribution is -2.09. The molecule has 0 N–H and O–H groups in total. The van der Waals surface area contributed by atoms with Crippen LogP contribution in [0.15, 0.2) is 12.1 Å². The minimum absolute atomic E-state index is 0.319. The van der Waals surface area contributed by atoms with Gasteiger partial charge in [-0.05, 0) is 24.5 Å². The first-order valence-electron chi connectivity index (χ1n) is 4.62. The van der Waals surface area contributed by atoms with Gasteiger partial charge in [0.2, 0.25) is 0 Å². The van der Waals surface area contributed by atoms with E-state index >= 15 is 0 Å². The fourth-order valence-corrected chi connectivity index (χ4v) is 1.17. The smallest absolute Gasteiger partial charge is 0.356 e. The number of nitrogens with zero attached hydrogens (tertiary/aromatic N) is 1. The Morgan fingerprint density at radius 1 is 1.43 bits per heavy atom. The fourth-order valence-electron chi connectivity index (χ4n) is 1.17. The number of aromatic nitrogens is 1. The van der Waals surface area contributed by atoms with Crippen LogP contribution in [0.2, 0.25) is 0 Å². The summed E-state index contributed by atoms with van der Waals surface area (Å²) in [5.74, 6) is -0.0518. The summed E-state index contributed by atoms with van der Waals surface area (Å²) >= 11 is 0. The van der Waals surface area contributed by atoms with Crippen LogP contribution in [0.25, 0.3) is 0 Å². The van der Waals surface area contributed by atoms with Gasteiger partial charge in [0.05, 0.1) is 7.11 Å². The molecular weight excluding hydrogens is 178 g/mol. The van der Waals surface area contributed by atoms with E-state index in [0.29, 0.717) is 11.6 Å². The van der Waals surface area contributed by atoms with Gasteiger partial charge in [-0.25, -0.2) is 9.78 Å². The molecule has 76 valence electrons. The third-order valence-electron chi connectivity index (χ3n) is 2.09. The molecule has 1 rings (SSSR count). The molecule has 0 atom stereocenters. The first-order valence-corrected chi connectivity index (χ1v) is 4.62. The van der Waals surface area contributed by atoms with Gasteiger partial charge in [-0.15, -0.1) is 0 Å². The van der Waals surface area contributed by atoms with Crippen molar-refractivity contribution < 1.29 is 9.53 Å². The molecule has 0 unspecified atom stereocenters. The molecule has 0 aliphatic heterocycles. The number of hydrogen-bond donors (Lipinski definition) is 0. The van der Waals surface area contributed by atoms with Gasteiger partial charge in [-0.3, -0.25) is 0 Å². The first kappa shape index (κ1) is 10.7. The van der Waals surface area contributed by atoms with Crippen molar-refractivity contribution in [1.29, 1.82) is 0 Å². The van der Waals surface area contributed by atoms with Gasteiger partial charge in [0.15, 0.2) is 5.69 Å². The Labute approximate surface area is 84.1 Å². The molecule has 1 aromatic rings. The lowest BCUT2D eigenvalue weighted by Gasteiger charge is -2.08. The highest BCUT2D eigenvalue weighted by molar-refractivity contribution is 5.88. The second-order valence-electron chi connectivity index (χ2n) is 3.55. The molecule has 0 amide bonds. The number of aryl methyl sites for hydroxylation is 1. The average Bonchev–Trinajstić information content (AvgIpc) is 2.17. The third kappa shape index (κ3) is 2.10. The highest BCUT2D eigenvalue weighted by Crippen LogP contribution is 2.14. The summed E-state index contributed by atoms with van der Waals surface area (Å²) in [5, 5.41) is 0. The van der Waals surface area contributed by atoms with Crippen molar-refractivity contribution in [2.45, 2.75) is 26.7 Å². The fraction of sp³-hybridized carbons (Fsp3) is 0.455. The van der Waals surface area contributed by atoms with E-state index in [-0.39, 0.29) is 5.97 Å². The van der Waals surface area contributed by atoms with E-state index in [1.807, 2.05) is 32.9 Å². The van der Waals surface area contributed by atoms with Crippen LogP contribution in [0.5, 0.6) is 0 Å². The first-order chi connectivity index (χ1) is 6.56. The summed E-state index contributed by atoms with van der Waals surface area (Å²) in [5.41, 5.74) is 2.18. The van der Waals surface area contributed by atoms with E-state index in [1.54, 1.807) is 0 Å². The zero-order chi connectivity index (χ0) is 10.7. The number of hydrogen-bond acceptors (Lipinski definition) is 3. The van der Waals surface area contributed by atoms with Gasteiger partial charge in [-0.1, -0.05) is 19.9 Å². The number of rotatable bonds is 2. The molecule has 0 aromatic carbocycles. The van der Waals surface area contributed by atoms with E-state index in [9.17, 15) is 4.79 Å². The van der Waals surface area contributed by atoms with Crippen molar-refractivity contribution in [3.63, 3.8) is 0 Å². The maximum absolute atomic E-state index is 11.3. The number of esters is 1. The van der Waals surface area contributed by atoms with Crippen molar-refractivity contribution in [3.05, 3.63) is 29.1 Å². The molecule has 0 fully saturated rings. The molecule has 14 heavy (non-hydrogen) atoms. The summed E-state index contributed by atoms with van der Waals surface area (Å²) in [6.45, 7) is 5.93. The van der Waals surface area contributed by atoms with Gasteiger partial charge in [0.25, 0.3) is 0 Å². The molecule has 3 nitrogen and oxygen atoms in total. The highest BCUT2D eigenvalue weighted by atomic mass is 16.5. The minimum atomic E-state index is -0.370. The molecule has 3 heteroatoms. The topological polar surface area (TPSA) is 39.2 Å². The molecule has 1 aromatic heterocycles. The van der Waals surface area contributed by atoms with Crippen molar-refractivity contribution in [2.75, 3.05) is 7.11 Å². The van der Waals surface area contributed by atoms with Crippen LogP contribution in [0.1, 0.15) is 41.5 Å². The van der Waals surface area contributed by atoms with E-state index in [2.05, 4.69) is 9.72 Å². The number of carbonyl (C=O) groups is 1. The number of methoxy groups -OCH3 is 1. The SMILES string of the molecule is COC(=O)c1nc(C(C)C)ccc1C. The Bertz CT molecular complexity index is 345. The van der Waals surface area contributed by atoms with Crippen molar-refractivity contribution in [1.82, 2.24) is 4.98 Å². The van der Waals surface area contributed by atoms with Crippen LogP contribution in [0, 0.1) is 6.92 Å².